The molecule has 3 aliphatic rings. The lowest BCUT2D eigenvalue weighted by molar-refractivity contribution is -0.156. The number of carbonyl (C=O) groups excluding carboxylic acids is 1. The number of rotatable bonds is 1. The molecule has 3 fully saturated rings. The summed E-state index contributed by atoms with van der Waals surface area (Å²) < 4.78 is 5.32. The molecule has 1 spiro atoms. The van der Waals surface area contributed by atoms with Crippen molar-refractivity contribution in [2.24, 2.45) is 11.3 Å². The molecule has 0 radical (unpaired) electrons. The van der Waals surface area contributed by atoms with E-state index in [0.29, 0.717) is 6.04 Å². The number of carbonyl (C=O) groups is 1. The van der Waals surface area contributed by atoms with Crippen molar-refractivity contribution in [3.05, 3.63) is 0 Å². The predicted octanol–water partition coefficient (Wildman–Crippen LogP) is 0.692. The molecule has 0 aromatic rings. The van der Waals surface area contributed by atoms with E-state index in [1.165, 1.54) is 12.8 Å². The molecule has 1 N–H and O–H groups in total. The fourth-order valence-electron chi connectivity index (χ4n) is 2.76. The van der Waals surface area contributed by atoms with E-state index in [2.05, 4.69) is 5.32 Å². The van der Waals surface area contributed by atoms with Gasteiger partial charge in [-0.2, -0.15) is 0 Å². The van der Waals surface area contributed by atoms with Crippen LogP contribution in [0.25, 0.3) is 0 Å². The summed E-state index contributed by atoms with van der Waals surface area (Å²) in [6.07, 6.45) is 4.51. The fourth-order valence-corrected chi connectivity index (χ4v) is 2.76. The van der Waals surface area contributed by atoms with Crippen molar-refractivity contribution < 1.29 is 9.53 Å². The quantitative estimate of drug-likeness (QED) is 0.604. The van der Waals surface area contributed by atoms with Gasteiger partial charge in [0.1, 0.15) is 0 Å². The first-order valence-electron chi connectivity index (χ1n) is 5.22. The number of ether oxygens (including phenoxy) is 1. The van der Waals surface area contributed by atoms with Gasteiger partial charge in [-0.3, -0.25) is 4.79 Å². The van der Waals surface area contributed by atoms with Gasteiger partial charge in [-0.25, -0.2) is 0 Å². The molecule has 1 atom stereocenters. The minimum absolute atomic E-state index is 0.0145. The fraction of sp³-hybridized carbons (Fsp3) is 0.900. The number of hydrogen-bond donors (Lipinski definition) is 1. The molecule has 3 nitrogen and oxygen atoms in total. The second kappa shape index (κ2) is 2.47. The molecule has 0 aromatic carbocycles. The normalized spacial score (nSPS) is 36.9. The molecule has 2 saturated heterocycles. The third-order valence-corrected chi connectivity index (χ3v) is 3.81. The van der Waals surface area contributed by atoms with Gasteiger partial charge in [0.2, 0.25) is 5.91 Å². The lowest BCUT2D eigenvalue weighted by Gasteiger charge is -2.51. The van der Waals surface area contributed by atoms with Crippen LogP contribution >= 0.6 is 0 Å². The van der Waals surface area contributed by atoms with Gasteiger partial charge in [0.05, 0.1) is 5.41 Å². The van der Waals surface area contributed by atoms with Gasteiger partial charge in [-0.1, -0.05) is 0 Å². The third kappa shape index (κ3) is 0.966. The van der Waals surface area contributed by atoms with Crippen LogP contribution in [-0.2, 0) is 9.53 Å². The monoisotopic (exact) mass is 181 g/mol. The first kappa shape index (κ1) is 7.80. The zero-order chi connectivity index (χ0) is 8.89. The van der Waals surface area contributed by atoms with E-state index in [-0.39, 0.29) is 11.3 Å². The van der Waals surface area contributed by atoms with E-state index in [0.717, 1.165) is 32.0 Å². The number of nitrogens with one attached hydrogen (secondary N) is 1. The maximum absolute atomic E-state index is 11.6. The van der Waals surface area contributed by atoms with Gasteiger partial charge < -0.3 is 10.1 Å². The summed E-state index contributed by atoms with van der Waals surface area (Å²) in [5, 5.41) is 3.07. The Bertz CT molecular complexity index is 241. The SMILES string of the molecule is O=C1N[C@H](C2CC2)C12CCOCC2. The molecule has 0 unspecified atom stereocenters. The van der Waals surface area contributed by atoms with Crippen LogP contribution in [-0.4, -0.2) is 25.2 Å². The Kier molecular flexibility index (Phi) is 1.48. The maximum atomic E-state index is 11.6. The molecule has 0 bridgehead atoms. The molecule has 13 heavy (non-hydrogen) atoms. The predicted molar refractivity (Wildman–Crippen MR) is 47.1 cm³/mol. The van der Waals surface area contributed by atoms with Crippen molar-refractivity contribution in [3.63, 3.8) is 0 Å². The Hall–Kier alpha value is -0.570. The maximum Gasteiger partial charge on any atom is 0.228 e. The van der Waals surface area contributed by atoms with Gasteiger partial charge in [0.15, 0.2) is 0 Å². The highest BCUT2D eigenvalue weighted by Gasteiger charge is 2.59. The summed E-state index contributed by atoms with van der Waals surface area (Å²) >= 11 is 0. The van der Waals surface area contributed by atoms with Crippen LogP contribution in [0.4, 0.5) is 0 Å². The molecule has 1 saturated carbocycles. The molecular formula is C10H15NO2. The van der Waals surface area contributed by atoms with E-state index in [9.17, 15) is 4.79 Å². The van der Waals surface area contributed by atoms with Crippen LogP contribution in [0.2, 0.25) is 0 Å². The Labute approximate surface area is 77.8 Å². The van der Waals surface area contributed by atoms with E-state index in [1.807, 2.05) is 0 Å². The summed E-state index contributed by atoms with van der Waals surface area (Å²) in [6, 6.07) is 0.490. The standard InChI is InChI=1S/C10H15NO2/c12-9-10(3-5-13-6-4-10)8(11-9)7-1-2-7/h7-8H,1-6H2,(H,11,12)/t8-/m1/s1. The van der Waals surface area contributed by atoms with Crippen molar-refractivity contribution in [2.45, 2.75) is 31.7 Å². The first-order chi connectivity index (χ1) is 6.33. The molecule has 3 rings (SSSR count). The van der Waals surface area contributed by atoms with Crippen LogP contribution in [0.15, 0.2) is 0 Å². The van der Waals surface area contributed by atoms with Gasteiger partial charge in [0, 0.05) is 19.3 Å². The molecule has 2 aliphatic heterocycles. The molecule has 1 amide bonds. The summed E-state index contributed by atoms with van der Waals surface area (Å²) in [6.45, 7) is 1.55. The Balaban J connectivity index is 1.80. The van der Waals surface area contributed by atoms with Gasteiger partial charge in [0.25, 0.3) is 0 Å². The van der Waals surface area contributed by atoms with Crippen molar-refractivity contribution in [1.82, 2.24) is 5.32 Å². The molecule has 0 aromatic heterocycles. The topological polar surface area (TPSA) is 38.3 Å². The van der Waals surface area contributed by atoms with Crippen LogP contribution in [0, 0.1) is 11.3 Å². The summed E-state index contributed by atoms with van der Waals surface area (Å²) in [7, 11) is 0. The second-order valence-electron chi connectivity index (χ2n) is 4.56. The van der Waals surface area contributed by atoms with Crippen LogP contribution in [0.1, 0.15) is 25.7 Å². The molecule has 72 valence electrons. The van der Waals surface area contributed by atoms with Crippen molar-refractivity contribution in [1.29, 1.82) is 0 Å². The van der Waals surface area contributed by atoms with Crippen molar-refractivity contribution >= 4 is 5.91 Å². The number of β-lactam (4-membered cyclic amide) rings is 1. The summed E-state index contributed by atoms with van der Waals surface area (Å²) in [4.78, 5) is 11.6. The highest BCUT2D eigenvalue weighted by Crippen LogP contribution is 2.50. The van der Waals surface area contributed by atoms with Crippen LogP contribution in [0.5, 0.6) is 0 Å². The Morgan fingerprint density at radius 2 is 2.00 bits per heavy atom. The Morgan fingerprint density at radius 1 is 1.31 bits per heavy atom. The minimum atomic E-state index is -0.0145. The zero-order valence-electron chi connectivity index (χ0n) is 7.71. The zero-order valence-corrected chi connectivity index (χ0v) is 7.71. The smallest absolute Gasteiger partial charge is 0.228 e. The summed E-state index contributed by atoms with van der Waals surface area (Å²) in [5.41, 5.74) is -0.0145. The van der Waals surface area contributed by atoms with Crippen molar-refractivity contribution in [3.8, 4) is 0 Å². The van der Waals surface area contributed by atoms with E-state index in [1.54, 1.807) is 0 Å². The molecule has 2 heterocycles. The lowest BCUT2D eigenvalue weighted by atomic mass is 9.65. The number of amides is 1. The van der Waals surface area contributed by atoms with Crippen LogP contribution in [0.3, 0.4) is 0 Å². The molecule has 3 heteroatoms. The minimum Gasteiger partial charge on any atom is -0.381 e. The highest BCUT2D eigenvalue weighted by atomic mass is 16.5. The molecule has 1 aliphatic carbocycles. The van der Waals surface area contributed by atoms with Crippen LogP contribution < -0.4 is 5.32 Å². The summed E-state index contributed by atoms with van der Waals surface area (Å²) in [5.74, 6) is 1.07. The van der Waals surface area contributed by atoms with Crippen molar-refractivity contribution in [2.75, 3.05) is 13.2 Å². The van der Waals surface area contributed by atoms with Gasteiger partial charge in [-0.15, -0.1) is 0 Å². The Morgan fingerprint density at radius 3 is 2.54 bits per heavy atom. The van der Waals surface area contributed by atoms with E-state index in [4.69, 9.17) is 4.74 Å². The second-order valence-corrected chi connectivity index (χ2v) is 4.56. The third-order valence-electron chi connectivity index (χ3n) is 3.81. The highest BCUT2D eigenvalue weighted by molar-refractivity contribution is 5.90. The lowest BCUT2D eigenvalue weighted by Crippen LogP contribution is -2.69. The average Bonchev–Trinajstić information content (AvgIpc) is 2.99. The van der Waals surface area contributed by atoms with Gasteiger partial charge >= 0.3 is 0 Å². The average molecular weight is 181 g/mol. The first-order valence-corrected chi connectivity index (χ1v) is 5.22. The largest absolute Gasteiger partial charge is 0.381 e. The van der Waals surface area contributed by atoms with E-state index < -0.39 is 0 Å². The molecular weight excluding hydrogens is 166 g/mol. The van der Waals surface area contributed by atoms with E-state index >= 15 is 0 Å². The number of hydrogen-bond acceptors (Lipinski definition) is 2. The van der Waals surface area contributed by atoms with Gasteiger partial charge in [-0.05, 0) is 31.6 Å².